The zero-order valence-corrected chi connectivity index (χ0v) is 15.1. The number of aromatic amines is 1. The molecule has 2 N–H and O–H groups in total. The van der Waals surface area contributed by atoms with E-state index in [-0.39, 0.29) is 6.10 Å². The summed E-state index contributed by atoms with van der Waals surface area (Å²) in [6, 6.07) is 10.6. The molecule has 2 heterocycles. The number of nitriles is 1. The van der Waals surface area contributed by atoms with E-state index in [1.807, 2.05) is 42.6 Å². The van der Waals surface area contributed by atoms with Gasteiger partial charge >= 0.3 is 0 Å². The van der Waals surface area contributed by atoms with Crippen molar-refractivity contribution >= 4 is 11.5 Å². The normalized spacial score (nSPS) is 14.8. The molecule has 4 rings (SSSR count). The highest BCUT2D eigenvalue weighted by atomic mass is 16.5. The van der Waals surface area contributed by atoms with E-state index in [9.17, 15) is 5.26 Å². The van der Waals surface area contributed by atoms with E-state index in [1.165, 1.54) is 25.7 Å². The van der Waals surface area contributed by atoms with Gasteiger partial charge in [0, 0.05) is 17.8 Å². The van der Waals surface area contributed by atoms with Crippen molar-refractivity contribution in [3.63, 3.8) is 0 Å². The molecule has 1 saturated carbocycles. The van der Waals surface area contributed by atoms with Gasteiger partial charge in [-0.3, -0.25) is 5.10 Å². The molecule has 0 radical (unpaired) electrons. The molecule has 134 valence electrons. The zero-order chi connectivity index (χ0) is 18.1. The van der Waals surface area contributed by atoms with Crippen LogP contribution in [0.1, 0.15) is 45.1 Å². The Morgan fingerprint density at radius 3 is 2.65 bits per heavy atom. The van der Waals surface area contributed by atoms with E-state index in [2.05, 4.69) is 16.5 Å². The fourth-order valence-electron chi connectivity index (χ4n) is 3.56. The van der Waals surface area contributed by atoms with E-state index >= 15 is 0 Å². The minimum absolute atomic E-state index is 0.143. The number of H-pyrrole nitrogens is 1. The molecule has 6 heteroatoms. The topological polar surface area (TPSA) is 78.1 Å². The molecule has 0 spiro atoms. The number of nitrogens with zero attached hydrogens (tertiary/aromatic N) is 3. The van der Waals surface area contributed by atoms with E-state index in [0.29, 0.717) is 17.3 Å². The molecular weight excluding hydrogens is 326 g/mol. The van der Waals surface area contributed by atoms with Gasteiger partial charge in [0.1, 0.15) is 23.1 Å². The summed E-state index contributed by atoms with van der Waals surface area (Å²) in [5, 5.41) is 16.1. The van der Waals surface area contributed by atoms with Gasteiger partial charge in [0.25, 0.3) is 0 Å². The second-order valence-corrected chi connectivity index (χ2v) is 7.08. The lowest BCUT2D eigenvalue weighted by Gasteiger charge is -2.14. The molecule has 1 aliphatic rings. The van der Waals surface area contributed by atoms with Gasteiger partial charge < -0.3 is 10.1 Å². The van der Waals surface area contributed by atoms with Gasteiger partial charge in [-0.25, -0.2) is 9.50 Å². The highest BCUT2D eigenvalue weighted by Crippen LogP contribution is 2.33. The largest absolute Gasteiger partial charge is 0.491 e. The fourth-order valence-corrected chi connectivity index (χ4v) is 3.56. The highest BCUT2D eigenvalue weighted by Gasteiger charge is 2.22. The number of hydrogen-bond donors (Lipinski definition) is 2. The predicted molar refractivity (Wildman–Crippen MR) is 101 cm³/mol. The number of ether oxygens (including phenoxy) is 1. The number of nitrogens with one attached hydrogen (secondary N) is 2. The monoisotopic (exact) mass is 349 g/mol. The number of imidazole rings is 1. The summed E-state index contributed by atoms with van der Waals surface area (Å²) < 4.78 is 7.61. The molecule has 0 amide bonds. The summed E-state index contributed by atoms with van der Waals surface area (Å²) in [7, 11) is 0. The van der Waals surface area contributed by atoms with Crippen LogP contribution in [-0.4, -0.2) is 26.7 Å². The average Bonchev–Trinajstić information content (AvgIpc) is 3.33. The van der Waals surface area contributed by atoms with Crippen LogP contribution in [0.5, 0.6) is 5.75 Å². The minimum Gasteiger partial charge on any atom is -0.491 e. The van der Waals surface area contributed by atoms with Crippen molar-refractivity contribution in [3.8, 4) is 23.1 Å². The van der Waals surface area contributed by atoms with Gasteiger partial charge in [-0.15, -0.1) is 0 Å². The van der Waals surface area contributed by atoms with Crippen LogP contribution < -0.4 is 10.1 Å². The molecule has 1 aliphatic carbocycles. The summed E-state index contributed by atoms with van der Waals surface area (Å²) in [6.07, 6.45) is 6.68. The quantitative estimate of drug-likeness (QED) is 0.718. The van der Waals surface area contributed by atoms with Crippen LogP contribution >= 0.6 is 0 Å². The lowest BCUT2D eigenvalue weighted by Crippen LogP contribution is -2.16. The molecule has 26 heavy (non-hydrogen) atoms. The Bertz CT molecular complexity index is 939. The first kappa shape index (κ1) is 16.5. The second kappa shape index (κ2) is 6.75. The third-order valence-corrected chi connectivity index (χ3v) is 4.77. The molecule has 6 nitrogen and oxygen atoms in total. The van der Waals surface area contributed by atoms with Gasteiger partial charge in [-0.2, -0.15) is 5.26 Å². The number of fused-ring (bicyclic) bond motifs is 1. The maximum atomic E-state index is 9.34. The van der Waals surface area contributed by atoms with Crippen LogP contribution in [0.15, 0.2) is 30.5 Å². The van der Waals surface area contributed by atoms with E-state index < -0.39 is 0 Å². The molecule has 0 aliphatic heterocycles. The van der Waals surface area contributed by atoms with Crippen LogP contribution in [0, 0.1) is 11.3 Å². The van der Waals surface area contributed by atoms with Crippen molar-refractivity contribution in [1.82, 2.24) is 14.6 Å². The molecule has 2 aromatic heterocycles. The van der Waals surface area contributed by atoms with Gasteiger partial charge in [0.05, 0.1) is 6.10 Å². The second-order valence-electron chi connectivity index (χ2n) is 7.08. The molecule has 1 fully saturated rings. The smallest absolute Gasteiger partial charge is 0.173 e. The van der Waals surface area contributed by atoms with Crippen molar-refractivity contribution in [1.29, 1.82) is 5.26 Å². The van der Waals surface area contributed by atoms with Gasteiger partial charge in [0.15, 0.2) is 11.5 Å². The molecular formula is C20H23N5O. The van der Waals surface area contributed by atoms with E-state index in [0.717, 1.165) is 22.8 Å². The Balaban J connectivity index is 1.75. The van der Waals surface area contributed by atoms with Crippen molar-refractivity contribution in [2.45, 2.75) is 51.7 Å². The molecule has 0 atom stereocenters. The maximum Gasteiger partial charge on any atom is 0.173 e. The van der Waals surface area contributed by atoms with E-state index in [1.54, 1.807) is 6.20 Å². The molecule has 3 aromatic rings. The lowest BCUT2D eigenvalue weighted by atomic mass is 10.1. The molecule has 1 aromatic carbocycles. The van der Waals surface area contributed by atoms with Crippen molar-refractivity contribution in [3.05, 3.63) is 36.0 Å². The third kappa shape index (κ3) is 3.01. The average molecular weight is 349 g/mol. The summed E-state index contributed by atoms with van der Waals surface area (Å²) >= 11 is 0. The Labute approximate surface area is 152 Å². The highest BCUT2D eigenvalue weighted by molar-refractivity contribution is 5.78. The van der Waals surface area contributed by atoms with Gasteiger partial charge in [-0.05, 0) is 51.0 Å². The Kier molecular flexibility index (Phi) is 4.29. The summed E-state index contributed by atoms with van der Waals surface area (Å²) in [6.45, 7) is 4.03. The Morgan fingerprint density at radius 1 is 1.27 bits per heavy atom. The first-order chi connectivity index (χ1) is 12.7. The van der Waals surface area contributed by atoms with Crippen LogP contribution in [0.25, 0.3) is 16.9 Å². The number of anilines is 1. The first-order valence-corrected chi connectivity index (χ1v) is 9.19. The first-order valence-electron chi connectivity index (χ1n) is 9.19. The Hall–Kier alpha value is -2.94. The molecule has 0 saturated heterocycles. The minimum atomic E-state index is 0.143. The zero-order valence-electron chi connectivity index (χ0n) is 15.1. The standard InChI is InChI=1S/C20H23N5O/c1-13(2)26-17-9-7-14(8-10-17)18-20(23-16-5-3-4-6-16)25-19(24-18)15(11-21)12-22-25/h7-10,12-13,16,22-23H,3-6H2,1-2H3. The Morgan fingerprint density at radius 2 is 2.00 bits per heavy atom. The lowest BCUT2D eigenvalue weighted by molar-refractivity contribution is 0.242. The predicted octanol–water partition coefficient (Wildman–Crippen LogP) is 4.34. The van der Waals surface area contributed by atoms with Gasteiger partial charge in [-0.1, -0.05) is 12.8 Å². The maximum absolute atomic E-state index is 9.34. The van der Waals surface area contributed by atoms with Crippen LogP contribution in [0.2, 0.25) is 0 Å². The van der Waals surface area contributed by atoms with Crippen molar-refractivity contribution in [2.75, 3.05) is 5.32 Å². The molecule has 0 unspecified atom stereocenters. The molecule has 0 bridgehead atoms. The summed E-state index contributed by atoms with van der Waals surface area (Å²) in [5.41, 5.74) is 3.06. The third-order valence-electron chi connectivity index (χ3n) is 4.77. The number of hydrogen-bond acceptors (Lipinski definition) is 4. The number of benzene rings is 1. The number of aromatic nitrogens is 3. The van der Waals surface area contributed by atoms with Gasteiger partial charge in [0.2, 0.25) is 0 Å². The SMILES string of the molecule is CC(C)Oc1ccc(-c2nc3c(C#N)c[nH]n3c2NC2CCCC2)cc1. The summed E-state index contributed by atoms with van der Waals surface area (Å²) in [5.74, 6) is 1.77. The van der Waals surface area contributed by atoms with E-state index in [4.69, 9.17) is 9.72 Å². The van der Waals surface area contributed by atoms with Crippen LogP contribution in [0.3, 0.4) is 0 Å². The fraction of sp³-hybridized carbons (Fsp3) is 0.400. The van der Waals surface area contributed by atoms with Crippen LogP contribution in [0.4, 0.5) is 5.82 Å². The van der Waals surface area contributed by atoms with Crippen molar-refractivity contribution in [2.24, 2.45) is 0 Å². The van der Waals surface area contributed by atoms with Crippen LogP contribution in [-0.2, 0) is 0 Å². The van der Waals surface area contributed by atoms with Crippen molar-refractivity contribution < 1.29 is 4.74 Å². The summed E-state index contributed by atoms with van der Waals surface area (Å²) in [4.78, 5) is 4.75. The number of rotatable bonds is 5.